The Kier molecular flexibility index (Phi) is 4.46. The van der Waals surface area contributed by atoms with Crippen molar-refractivity contribution < 1.29 is 4.79 Å². The number of nitrogens with one attached hydrogen (secondary N) is 1. The van der Waals surface area contributed by atoms with Crippen molar-refractivity contribution >= 4 is 17.5 Å². The molecule has 0 fully saturated rings. The smallest absolute Gasteiger partial charge is 0.234 e. The summed E-state index contributed by atoms with van der Waals surface area (Å²) in [4.78, 5) is 10.8. The molecule has 0 aliphatic carbocycles. The van der Waals surface area contributed by atoms with Crippen LogP contribution in [0, 0.1) is 6.92 Å². The number of aromatic nitrogens is 2. The molecule has 0 aromatic carbocycles. The Bertz CT molecular complexity index is 298. The molecule has 1 amide bonds. The molecule has 0 aliphatic heterocycles. The molecule has 4 nitrogen and oxygen atoms in total. The highest BCUT2D eigenvalue weighted by Crippen LogP contribution is 1.96. The number of carbonyl (C=O) groups is 1. The maximum Gasteiger partial charge on any atom is 0.234 e. The third kappa shape index (κ3) is 3.38. The van der Waals surface area contributed by atoms with Gasteiger partial charge in [-0.3, -0.25) is 9.48 Å². The van der Waals surface area contributed by atoms with E-state index >= 15 is 0 Å². The van der Waals surface area contributed by atoms with Crippen LogP contribution in [0.5, 0.6) is 0 Å². The third-order valence-corrected chi connectivity index (χ3v) is 2.16. The third-order valence-electron chi connectivity index (χ3n) is 1.92. The second kappa shape index (κ2) is 5.65. The molecular weight excluding hydrogens is 202 g/mol. The Morgan fingerprint density at radius 2 is 2.50 bits per heavy atom. The number of rotatable bonds is 5. The second-order valence-corrected chi connectivity index (χ2v) is 3.30. The Labute approximate surface area is 88.2 Å². The summed E-state index contributed by atoms with van der Waals surface area (Å²) >= 11 is 5.33. The highest BCUT2D eigenvalue weighted by Gasteiger charge is 1.98. The molecule has 1 aromatic rings. The number of halogens is 1. The second-order valence-electron chi connectivity index (χ2n) is 3.03. The van der Waals surface area contributed by atoms with Crippen molar-refractivity contribution in [3.05, 3.63) is 18.0 Å². The van der Waals surface area contributed by atoms with Crippen molar-refractivity contribution in [1.82, 2.24) is 15.1 Å². The summed E-state index contributed by atoms with van der Waals surface area (Å²) in [5.41, 5.74) is 1.13. The zero-order valence-corrected chi connectivity index (χ0v) is 8.92. The number of amides is 1. The minimum atomic E-state index is -0.121. The molecule has 0 atom stereocenters. The van der Waals surface area contributed by atoms with E-state index in [9.17, 15) is 4.79 Å². The minimum absolute atomic E-state index is 0.0286. The summed E-state index contributed by atoms with van der Waals surface area (Å²) < 4.78 is 1.91. The first-order chi connectivity index (χ1) is 6.74. The van der Waals surface area contributed by atoms with E-state index in [2.05, 4.69) is 10.4 Å². The highest BCUT2D eigenvalue weighted by atomic mass is 35.5. The number of alkyl halides is 1. The lowest BCUT2D eigenvalue weighted by Crippen LogP contribution is -2.26. The molecule has 1 heterocycles. The maximum atomic E-state index is 10.8. The number of carbonyl (C=O) groups excluding carboxylic acids is 1. The molecule has 0 spiro atoms. The Morgan fingerprint density at radius 3 is 3.07 bits per heavy atom. The molecule has 0 aliphatic rings. The van der Waals surface area contributed by atoms with Crippen LogP contribution in [-0.4, -0.2) is 28.1 Å². The van der Waals surface area contributed by atoms with E-state index < -0.39 is 0 Å². The zero-order chi connectivity index (χ0) is 10.4. The van der Waals surface area contributed by atoms with Gasteiger partial charge in [0, 0.05) is 25.0 Å². The van der Waals surface area contributed by atoms with E-state index in [0.29, 0.717) is 6.54 Å². The molecule has 1 aromatic heterocycles. The number of hydrogen-bond donors (Lipinski definition) is 1. The van der Waals surface area contributed by atoms with Crippen LogP contribution in [0.2, 0.25) is 0 Å². The van der Waals surface area contributed by atoms with Crippen LogP contribution in [0.1, 0.15) is 12.1 Å². The van der Waals surface area contributed by atoms with Gasteiger partial charge in [0.25, 0.3) is 0 Å². The van der Waals surface area contributed by atoms with E-state index in [4.69, 9.17) is 11.6 Å². The van der Waals surface area contributed by atoms with Crippen LogP contribution < -0.4 is 5.32 Å². The molecule has 0 unspecified atom stereocenters. The maximum absolute atomic E-state index is 10.8. The van der Waals surface area contributed by atoms with Crippen molar-refractivity contribution in [2.75, 3.05) is 12.4 Å². The van der Waals surface area contributed by atoms with Crippen molar-refractivity contribution in [1.29, 1.82) is 0 Å². The van der Waals surface area contributed by atoms with Gasteiger partial charge in [0.05, 0.1) is 0 Å². The van der Waals surface area contributed by atoms with Gasteiger partial charge in [-0.2, -0.15) is 5.10 Å². The average molecular weight is 216 g/mol. The molecule has 1 N–H and O–H groups in total. The van der Waals surface area contributed by atoms with Crippen molar-refractivity contribution in [2.24, 2.45) is 0 Å². The van der Waals surface area contributed by atoms with E-state index in [1.807, 2.05) is 17.7 Å². The molecule has 0 radical (unpaired) electrons. The van der Waals surface area contributed by atoms with Gasteiger partial charge in [0.2, 0.25) is 5.91 Å². The first kappa shape index (κ1) is 11.0. The standard InChI is InChI=1S/C9H14ClN3O/c1-8-3-5-12-13(8)6-2-4-11-9(14)7-10/h3,5H,2,4,6-7H2,1H3,(H,11,14). The molecule has 0 bridgehead atoms. The van der Waals surface area contributed by atoms with Gasteiger partial charge in [-0.05, 0) is 19.4 Å². The zero-order valence-electron chi connectivity index (χ0n) is 8.16. The van der Waals surface area contributed by atoms with E-state index in [-0.39, 0.29) is 11.8 Å². The van der Waals surface area contributed by atoms with E-state index in [0.717, 1.165) is 18.7 Å². The predicted molar refractivity (Wildman–Crippen MR) is 55.3 cm³/mol. The number of nitrogens with zero attached hydrogens (tertiary/aromatic N) is 2. The average Bonchev–Trinajstić information content (AvgIpc) is 2.58. The summed E-state index contributed by atoms with van der Waals surface area (Å²) in [6.07, 6.45) is 2.64. The van der Waals surface area contributed by atoms with E-state index in [1.165, 1.54) is 0 Å². The first-order valence-electron chi connectivity index (χ1n) is 4.55. The topological polar surface area (TPSA) is 46.9 Å². The van der Waals surface area contributed by atoms with E-state index in [1.54, 1.807) is 6.20 Å². The van der Waals surface area contributed by atoms with Crippen molar-refractivity contribution in [2.45, 2.75) is 19.9 Å². The van der Waals surface area contributed by atoms with Gasteiger partial charge in [-0.25, -0.2) is 0 Å². The summed E-state index contributed by atoms with van der Waals surface area (Å²) in [6.45, 7) is 3.47. The molecule has 0 saturated carbocycles. The summed E-state index contributed by atoms with van der Waals surface area (Å²) in [6, 6.07) is 1.96. The van der Waals surface area contributed by atoms with Gasteiger partial charge < -0.3 is 5.32 Å². The predicted octanol–water partition coefficient (Wildman–Crippen LogP) is 0.937. The fraction of sp³-hybridized carbons (Fsp3) is 0.556. The SMILES string of the molecule is Cc1ccnn1CCCNC(=O)CCl. The quantitative estimate of drug-likeness (QED) is 0.587. The van der Waals surface area contributed by atoms with Crippen LogP contribution in [-0.2, 0) is 11.3 Å². The number of aryl methyl sites for hydroxylation is 2. The van der Waals surface area contributed by atoms with Gasteiger partial charge in [0.15, 0.2) is 0 Å². The van der Waals surface area contributed by atoms with Crippen LogP contribution in [0.25, 0.3) is 0 Å². The number of hydrogen-bond acceptors (Lipinski definition) is 2. The summed E-state index contributed by atoms with van der Waals surface area (Å²) in [5.74, 6) is -0.0929. The lowest BCUT2D eigenvalue weighted by atomic mass is 10.4. The van der Waals surface area contributed by atoms with Gasteiger partial charge in [0.1, 0.15) is 5.88 Å². The lowest BCUT2D eigenvalue weighted by Gasteiger charge is -2.04. The summed E-state index contributed by atoms with van der Waals surface area (Å²) in [7, 11) is 0. The molecule has 78 valence electrons. The largest absolute Gasteiger partial charge is 0.355 e. The van der Waals surface area contributed by atoms with Gasteiger partial charge >= 0.3 is 0 Å². The van der Waals surface area contributed by atoms with Gasteiger partial charge in [-0.1, -0.05) is 0 Å². The normalized spacial score (nSPS) is 10.1. The van der Waals surface area contributed by atoms with Crippen LogP contribution in [0.15, 0.2) is 12.3 Å². The fourth-order valence-electron chi connectivity index (χ4n) is 1.14. The first-order valence-corrected chi connectivity index (χ1v) is 5.08. The van der Waals surface area contributed by atoms with Crippen LogP contribution >= 0.6 is 11.6 Å². The fourth-order valence-corrected chi connectivity index (χ4v) is 1.23. The van der Waals surface area contributed by atoms with Crippen LogP contribution in [0.3, 0.4) is 0 Å². The molecular formula is C9H14ClN3O. The van der Waals surface area contributed by atoms with Crippen molar-refractivity contribution in [3.63, 3.8) is 0 Å². The molecule has 0 saturated heterocycles. The molecule has 1 rings (SSSR count). The Morgan fingerprint density at radius 1 is 1.71 bits per heavy atom. The monoisotopic (exact) mass is 215 g/mol. The molecule has 14 heavy (non-hydrogen) atoms. The molecule has 5 heteroatoms. The van der Waals surface area contributed by atoms with Gasteiger partial charge in [-0.15, -0.1) is 11.6 Å². The van der Waals surface area contributed by atoms with Crippen LogP contribution in [0.4, 0.5) is 0 Å². The summed E-state index contributed by atoms with van der Waals surface area (Å²) in [5, 5.41) is 6.83. The highest BCUT2D eigenvalue weighted by molar-refractivity contribution is 6.27. The lowest BCUT2D eigenvalue weighted by molar-refractivity contribution is -0.118. The van der Waals surface area contributed by atoms with Crippen molar-refractivity contribution in [3.8, 4) is 0 Å². The Hall–Kier alpha value is -1.03. The Balaban J connectivity index is 2.16. The minimum Gasteiger partial charge on any atom is -0.355 e.